The molecule has 0 saturated heterocycles. The van der Waals surface area contributed by atoms with E-state index in [4.69, 9.17) is 14.9 Å². The van der Waals surface area contributed by atoms with Crippen LogP contribution in [-0.2, 0) is 9.59 Å². The first-order chi connectivity index (χ1) is 14.4. The summed E-state index contributed by atoms with van der Waals surface area (Å²) in [6, 6.07) is 18.9. The Balaban J connectivity index is 0.000000343. The summed E-state index contributed by atoms with van der Waals surface area (Å²) in [5.74, 6) is -1.19. The van der Waals surface area contributed by atoms with Crippen molar-refractivity contribution in [3.63, 3.8) is 0 Å². The summed E-state index contributed by atoms with van der Waals surface area (Å²) in [5, 5.41) is 20.3. The molecule has 0 fully saturated rings. The van der Waals surface area contributed by atoms with Gasteiger partial charge in [0.25, 0.3) is 0 Å². The highest BCUT2D eigenvalue weighted by atomic mass is 32.1. The van der Waals surface area contributed by atoms with E-state index in [1.165, 1.54) is 15.6 Å². The third kappa shape index (κ3) is 7.85. The van der Waals surface area contributed by atoms with Crippen LogP contribution in [0.4, 0.5) is 0 Å². The van der Waals surface area contributed by atoms with Crippen LogP contribution in [-0.4, -0.2) is 47.7 Å². The number of benzene rings is 2. The summed E-state index contributed by atoms with van der Waals surface area (Å²) in [6.07, 6.45) is 0.495. The molecule has 0 aliphatic rings. The monoisotopic (exact) mass is 429 g/mol. The predicted octanol–water partition coefficient (Wildman–Crippen LogP) is 4.91. The number of carboxylic acids is 2. The smallest absolute Gasteiger partial charge is 0.303 e. The molecular weight excluding hydrogens is 402 g/mol. The molecule has 0 aliphatic carbocycles. The van der Waals surface area contributed by atoms with Crippen molar-refractivity contribution in [3.05, 3.63) is 64.9 Å². The van der Waals surface area contributed by atoms with E-state index < -0.39 is 11.9 Å². The Bertz CT molecular complexity index is 920. The van der Waals surface area contributed by atoms with Crippen LogP contribution in [0.3, 0.4) is 0 Å². The van der Waals surface area contributed by atoms with E-state index in [2.05, 4.69) is 79.0 Å². The lowest BCUT2D eigenvalue weighted by Crippen LogP contribution is -2.18. The molecule has 7 heteroatoms. The minimum atomic E-state index is -1.08. The molecule has 0 spiro atoms. The molecule has 0 bridgehead atoms. The highest BCUT2D eigenvalue weighted by molar-refractivity contribution is 7.10. The molecule has 2 N–H and O–H groups in total. The van der Waals surface area contributed by atoms with Crippen molar-refractivity contribution in [1.82, 2.24) is 4.90 Å². The van der Waals surface area contributed by atoms with Gasteiger partial charge in [0.15, 0.2) is 0 Å². The molecule has 6 nitrogen and oxygen atoms in total. The van der Waals surface area contributed by atoms with Crippen LogP contribution in [0.2, 0.25) is 0 Å². The second-order valence-corrected chi connectivity index (χ2v) is 7.96. The highest BCUT2D eigenvalue weighted by Crippen LogP contribution is 2.32. The summed E-state index contributed by atoms with van der Waals surface area (Å²) in [5.41, 5.74) is 0. The van der Waals surface area contributed by atoms with Crippen molar-refractivity contribution in [2.24, 2.45) is 0 Å². The van der Waals surface area contributed by atoms with E-state index in [1.807, 2.05) is 0 Å². The van der Waals surface area contributed by atoms with Crippen LogP contribution in [0.1, 0.15) is 30.2 Å². The molecule has 0 radical (unpaired) electrons. The van der Waals surface area contributed by atoms with Gasteiger partial charge >= 0.3 is 11.9 Å². The third-order valence-corrected chi connectivity index (χ3v) is 5.23. The summed E-state index contributed by atoms with van der Waals surface area (Å²) >= 11 is 1.76. The van der Waals surface area contributed by atoms with Gasteiger partial charge in [0.05, 0.1) is 12.8 Å². The SMILES string of the molecule is CN(C)CC[C@H](Oc1cccc2ccccc12)c1cccs1.O=C(O)CCC(=O)O. The Kier molecular flexibility index (Phi) is 9.31. The van der Waals surface area contributed by atoms with Gasteiger partial charge in [0.2, 0.25) is 0 Å². The number of hydrogen-bond acceptors (Lipinski definition) is 5. The zero-order valence-electron chi connectivity index (χ0n) is 17.2. The fourth-order valence-electron chi connectivity index (χ4n) is 2.77. The normalized spacial score (nSPS) is 11.6. The Morgan fingerprint density at radius 2 is 1.63 bits per heavy atom. The fraction of sp³-hybridized carbons (Fsp3) is 0.304. The van der Waals surface area contributed by atoms with E-state index >= 15 is 0 Å². The number of thiophene rings is 1. The highest BCUT2D eigenvalue weighted by Gasteiger charge is 2.16. The van der Waals surface area contributed by atoms with E-state index in [0.29, 0.717) is 0 Å². The number of carbonyl (C=O) groups is 2. The Labute approximate surface area is 180 Å². The van der Waals surface area contributed by atoms with Crippen molar-refractivity contribution >= 4 is 34.0 Å². The molecule has 1 heterocycles. The third-order valence-electron chi connectivity index (χ3n) is 4.27. The lowest BCUT2D eigenvalue weighted by molar-refractivity contribution is -0.143. The number of hydrogen-bond donors (Lipinski definition) is 2. The molecule has 1 atom stereocenters. The molecule has 0 saturated carbocycles. The predicted molar refractivity (Wildman–Crippen MR) is 119 cm³/mol. The topological polar surface area (TPSA) is 87.1 Å². The number of fused-ring (bicyclic) bond motifs is 1. The molecular formula is C23H27NO5S. The van der Waals surface area contributed by atoms with Gasteiger partial charge in [-0.2, -0.15) is 0 Å². The average molecular weight is 430 g/mol. The second kappa shape index (κ2) is 11.9. The first-order valence-electron chi connectivity index (χ1n) is 9.63. The first-order valence-corrected chi connectivity index (χ1v) is 10.5. The Morgan fingerprint density at radius 1 is 0.967 bits per heavy atom. The van der Waals surface area contributed by atoms with Crippen molar-refractivity contribution in [1.29, 1.82) is 0 Å². The van der Waals surface area contributed by atoms with Crippen LogP contribution in [0.15, 0.2) is 60.0 Å². The number of nitrogens with zero attached hydrogens (tertiary/aromatic N) is 1. The standard InChI is InChI=1S/C19H21NOS.C4H6O4/c1-20(2)13-12-18(19-11-6-14-22-19)21-17-10-5-8-15-7-3-4-9-16(15)17;5-3(6)1-2-4(7)8/h3-11,14,18H,12-13H2,1-2H3;1-2H2,(H,5,6)(H,7,8)/t18-;/m0./s1. The van der Waals surface area contributed by atoms with E-state index in [-0.39, 0.29) is 18.9 Å². The van der Waals surface area contributed by atoms with E-state index in [1.54, 1.807) is 11.3 Å². The molecule has 2 aromatic carbocycles. The first kappa shape index (κ1) is 23.4. The minimum absolute atomic E-state index is 0.105. The van der Waals surface area contributed by atoms with Gasteiger partial charge < -0.3 is 19.8 Å². The summed E-state index contributed by atoms with van der Waals surface area (Å²) in [7, 11) is 4.20. The van der Waals surface area contributed by atoms with Crippen molar-refractivity contribution in [2.75, 3.05) is 20.6 Å². The fourth-order valence-corrected chi connectivity index (χ4v) is 3.56. The van der Waals surface area contributed by atoms with Gasteiger partial charge in [-0.3, -0.25) is 9.59 Å². The molecule has 0 amide bonds. The molecule has 0 aliphatic heterocycles. The Morgan fingerprint density at radius 3 is 2.23 bits per heavy atom. The maximum Gasteiger partial charge on any atom is 0.303 e. The van der Waals surface area contributed by atoms with Crippen LogP contribution >= 0.6 is 11.3 Å². The van der Waals surface area contributed by atoms with Crippen LogP contribution in [0.25, 0.3) is 10.8 Å². The maximum absolute atomic E-state index is 9.64. The minimum Gasteiger partial charge on any atom is -0.484 e. The summed E-state index contributed by atoms with van der Waals surface area (Å²) < 4.78 is 6.41. The van der Waals surface area contributed by atoms with Gasteiger partial charge in [-0.25, -0.2) is 0 Å². The summed E-state index contributed by atoms with van der Waals surface area (Å²) in [4.78, 5) is 22.8. The molecule has 3 rings (SSSR count). The Hall–Kier alpha value is -2.90. The number of ether oxygens (including phenoxy) is 1. The molecule has 3 aromatic rings. The van der Waals surface area contributed by atoms with Crippen molar-refractivity contribution in [2.45, 2.75) is 25.4 Å². The second-order valence-electron chi connectivity index (χ2n) is 6.98. The zero-order chi connectivity index (χ0) is 21.9. The number of rotatable bonds is 9. The zero-order valence-corrected chi connectivity index (χ0v) is 18.0. The maximum atomic E-state index is 9.64. The van der Waals surface area contributed by atoms with E-state index in [9.17, 15) is 9.59 Å². The largest absolute Gasteiger partial charge is 0.484 e. The average Bonchev–Trinajstić information content (AvgIpc) is 3.25. The van der Waals surface area contributed by atoms with E-state index in [0.717, 1.165) is 18.7 Å². The van der Waals surface area contributed by atoms with Gasteiger partial charge in [-0.05, 0) is 37.0 Å². The van der Waals surface area contributed by atoms with Gasteiger partial charge in [-0.15, -0.1) is 11.3 Å². The van der Waals surface area contributed by atoms with Gasteiger partial charge in [-0.1, -0.05) is 42.5 Å². The molecule has 0 unspecified atom stereocenters. The lowest BCUT2D eigenvalue weighted by Gasteiger charge is -2.21. The van der Waals surface area contributed by atoms with Gasteiger partial charge in [0, 0.05) is 23.2 Å². The molecule has 160 valence electrons. The molecule has 1 aromatic heterocycles. The number of carboxylic acid groups (broad SMARTS) is 2. The van der Waals surface area contributed by atoms with Gasteiger partial charge in [0.1, 0.15) is 11.9 Å². The molecule has 30 heavy (non-hydrogen) atoms. The quantitative estimate of drug-likeness (QED) is 0.503. The van der Waals surface area contributed by atoms with Crippen LogP contribution < -0.4 is 4.74 Å². The number of aliphatic carboxylic acids is 2. The van der Waals surface area contributed by atoms with Crippen molar-refractivity contribution < 1.29 is 24.5 Å². The lowest BCUT2D eigenvalue weighted by atomic mass is 10.1. The van der Waals surface area contributed by atoms with Crippen LogP contribution in [0, 0.1) is 0 Å². The van der Waals surface area contributed by atoms with Crippen molar-refractivity contribution in [3.8, 4) is 5.75 Å². The summed E-state index contributed by atoms with van der Waals surface area (Å²) in [6.45, 7) is 1.01. The van der Waals surface area contributed by atoms with Crippen LogP contribution in [0.5, 0.6) is 5.75 Å².